The van der Waals surface area contributed by atoms with Crippen LogP contribution in [0.1, 0.15) is 18.4 Å². The third-order valence-corrected chi connectivity index (χ3v) is 5.35. The maximum absolute atomic E-state index is 6.47. The Hall–Kier alpha value is -1.01. The highest BCUT2D eigenvalue weighted by Crippen LogP contribution is 2.34. The molecule has 0 aliphatic carbocycles. The Balaban J connectivity index is 1.67. The summed E-state index contributed by atoms with van der Waals surface area (Å²) in [6.45, 7) is 6.90. The standard InChI is InChI=1S/C18H27ClN2O3/c1-22-17-10-14(16(19)11-18(17)23-2)12-21-5-3-4-15(21)13-20-6-8-24-9-7-20/h10-11,15H,3-9,12-13H2,1-2H3/t15-/m0/s1. The summed E-state index contributed by atoms with van der Waals surface area (Å²) in [5.41, 5.74) is 1.10. The van der Waals surface area contributed by atoms with Gasteiger partial charge in [0, 0.05) is 43.3 Å². The molecule has 2 saturated heterocycles. The predicted molar refractivity (Wildman–Crippen MR) is 95.2 cm³/mol. The molecule has 2 fully saturated rings. The molecule has 1 aromatic carbocycles. The minimum absolute atomic E-state index is 0.590. The summed E-state index contributed by atoms with van der Waals surface area (Å²) < 4.78 is 16.2. The Morgan fingerprint density at radius 3 is 2.54 bits per heavy atom. The Labute approximate surface area is 149 Å². The van der Waals surface area contributed by atoms with Crippen molar-refractivity contribution >= 4 is 11.6 Å². The molecular formula is C18H27ClN2O3. The summed E-state index contributed by atoms with van der Waals surface area (Å²) in [5, 5.41) is 0.740. The molecule has 2 aliphatic rings. The number of hydrogen-bond acceptors (Lipinski definition) is 5. The van der Waals surface area contributed by atoms with Gasteiger partial charge in [-0.1, -0.05) is 11.6 Å². The second-order valence-electron chi connectivity index (χ2n) is 6.48. The van der Waals surface area contributed by atoms with Crippen molar-refractivity contribution in [1.29, 1.82) is 0 Å². The summed E-state index contributed by atoms with van der Waals surface area (Å²) >= 11 is 6.47. The number of ether oxygens (including phenoxy) is 3. The lowest BCUT2D eigenvalue weighted by molar-refractivity contribution is 0.0262. The van der Waals surface area contributed by atoms with Crippen molar-refractivity contribution in [2.75, 3.05) is 53.6 Å². The van der Waals surface area contributed by atoms with Gasteiger partial charge >= 0.3 is 0 Å². The van der Waals surface area contributed by atoms with Crippen LogP contribution in [0.4, 0.5) is 0 Å². The van der Waals surface area contributed by atoms with Crippen molar-refractivity contribution in [3.05, 3.63) is 22.7 Å². The van der Waals surface area contributed by atoms with Gasteiger partial charge in [0.05, 0.1) is 27.4 Å². The summed E-state index contributed by atoms with van der Waals surface area (Å²) in [5.74, 6) is 1.42. The normalized spacial score (nSPS) is 22.7. The van der Waals surface area contributed by atoms with Crippen LogP contribution in [-0.4, -0.2) is 69.5 Å². The minimum atomic E-state index is 0.590. The van der Waals surface area contributed by atoms with E-state index < -0.39 is 0 Å². The van der Waals surface area contributed by atoms with Crippen LogP contribution in [0.15, 0.2) is 12.1 Å². The van der Waals surface area contributed by atoms with E-state index in [1.165, 1.54) is 12.8 Å². The fourth-order valence-electron chi connectivity index (χ4n) is 3.63. The number of methoxy groups -OCH3 is 2. The lowest BCUT2D eigenvalue weighted by Gasteiger charge is -2.33. The minimum Gasteiger partial charge on any atom is -0.493 e. The first-order chi connectivity index (χ1) is 11.7. The zero-order chi connectivity index (χ0) is 16.9. The molecule has 6 heteroatoms. The van der Waals surface area contributed by atoms with Crippen molar-refractivity contribution in [3.8, 4) is 11.5 Å². The molecule has 0 amide bonds. The monoisotopic (exact) mass is 354 g/mol. The first-order valence-corrected chi connectivity index (χ1v) is 9.03. The number of morpholine rings is 1. The fourth-order valence-corrected chi connectivity index (χ4v) is 3.84. The lowest BCUT2D eigenvalue weighted by Crippen LogP contribution is -2.44. The van der Waals surface area contributed by atoms with Gasteiger partial charge in [-0.05, 0) is 31.0 Å². The van der Waals surface area contributed by atoms with Gasteiger partial charge < -0.3 is 14.2 Å². The summed E-state index contributed by atoms with van der Waals surface area (Å²) in [4.78, 5) is 5.06. The van der Waals surface area contributed by atoms with Crippen LogP contribution in [0.5, 0.6) is 11.5 Å². The molecule has 5 nitrogen and oxygen atoms in total. The second kappa shape index (κ2) is 8.39. The molecule has 1 aromatic rings. The Morgan fingerprint density at radius 1 is 1.12 bits per heavy atom. The number of nitrogens with zero attached hydrogens (tertiary/aromatic N) is 2. The molecule has 2 aliphatic heterocycles. The van der Waals surface area contributed by atoms with E-state index in [0.717, 1.165) is 62.3 Å². The van der Waals surface area contributed by atoms with Gasteiger partial charge in [-0.25, -0.2) is 0 Å². The van der Waals surface area contributed by atoms with E-state index >= 15 is 0 Å². The van der Waals surface area contributed by atoms with E-state index in [9.17, 15) is 0 Å². The average Bonchev–Trinajstić information content (AvgIpc) is 3.04. The topological polar surface area (TPSA) is 34.2 Å². The number of likely N-dealkylation sites (tertiary alicyclic amines) is 1. The van der Waals surface area contributed by atoms with Gasteiger partial charge in [0.1, 0.15) is 0 Å². The lowest BCUT2D eigenvalue weighted by atomic mass is 10.1. The molecule has 134 valence electrons. The van der Waals surface area contributed by atoms with E-state index in [4.69, 9.17) is 25.8 Å². The molecule has 0 radical (unpaired) electrons. The second-order valence-corrected chi connectivity index (χ2v) is 6.89. The smallest absolute Gasteiger partial charge is 0.162 e. The van der Waals surface area contributed by atoms with Crippen molar-refractivity contribution in [1.82, 2.24) is 9.80 Å². The van der Waals surface area contributed by atoms with Gasteiger partial charge in [0.25, 0.3) is 0 Å². The molecule has 0 aromatic heterocycles. The largest absolute Gasteiger partial charge is 0.493 e. The summed E-state index contributed by atoms with van der Waals surface area (Å²) in [6.07, 6.45) is 2.50. The number of hydrogen-bond donors (Lipinski definition) is 0. The number of halogens is 1. The maximum atomic E-state index is 6.47. The van der Waals surface area contributed by atoms with Gasteiger partial charge in [-0.15, -0.1) is 0 Å². The van der Waals surface area contributed by atoms with Gasteiger partial charge in [-0.3, -0.25) is 9.80 Å². The van der Waals surface area contributed by atoms with Gasteiger partial charge in [0.15, 0.2) is 11.5 Å². The van der Waals surface area contributed by atoms with Crippen LogP contribution >= 0.6 is 11.6 Å². The van der Waals surface area contributed by atoms with E-state index in [1.807, 2.05) is 12.1 Å². The quantitative estimate of drug-likeness (QED) is 0.784. The predicted octanol–water partition coefficient (Wildman–Crippen LogP) is 2.65. The van der Waals surface area contributed by atoms with Crippen LogP contribution in [0.2, 0.25) is 5.02 Å². The number of rotatable bonds is 6. The molecule has 0 saturated carbocycles. The van der Waals surface area contributed by atoms with Crippen molar-refractivity contribution in [2.45, 2.75) is 25.4 Å². The van der Waals surface area contributed by atoms with E-state index in [-0.39, 0.29) is 0 Å². The van der Waals surface area contributed by atoms with Crippen LogP contribution in [0, 0.1) is 0 Å². The molecule has 0 unspecified atom stereocenters. The van der Waals surface area contributed by atoms with Crippen LogP contribution < -0.4 is 9.47 Å². The zero-order valence-electron chi connectivity index (χ0n) is 14.6. The van der Waals surface area contributed by atoms with Crippen LogP contribution in [-0.2, 0) is 11.3 Å². The highest BCUT2D eigenvalue weighted by molar-refractivity contribution is 6.31. The molecule has 0 N–H and O–H groups in total. The molecule has 3 rings (SSSR count). The Morgan fingerprint density at radius 2 is 1.83 bits per heavy atom. The van der Waals surface area contributed by atoms with Gasteiger partial charge in [-0.2, -0.15) is 0 Å². The van der Waals surface area contributed by atoms with Crippen LogP contribution in [0.3, 0.4) is 0 Å². The first kappa shape index (κ1) is 17.8. The molecule has 0 bridgehead atoms. The SMILES string of the molecule is COc1cc(Cl)c(CN2CCC[C@H]2CN2CCOCC2)cc1OC. The van der Waals surface area contributed by atoms with E-state index in [2.05, 4.69) is 9.80 Å². The van der Waals surface area contributed by atoms with E-state index in [1.54, 1.807) is 14.2 Å². The van der Waals surface area contributed by atoms with Gasteiger partial charge in [0.2, 0.25) is 0 Å². The highest BCUT2D eigenvalue weighted by atomic mass is 35.5. The highest BCUT2D eigenvalue weighted by Gasteiger charge is 2.28. The molecule has 24 heavy (non-hydrogen) atoms. The molecule has 0 spiro atoms. The third kappa shape index (κ3) is 4.14. The third-order valence-electron chi connectivity index (χ3n) is 5.00. The van der Waals surface area contributed by atoms with E-state index in [0.29, 0.717) is 11.8 Å². The maximum Gasteiger partial charge on any atom is 0.162 e. The first-order valence-electron chi connectivity index (χ1n) is 8.66. The molecular weight excluding hydrogens is 328 g/mol. The molecule has 2 heterocycles. The summed E-state index contributed by atoms with van der Waals surface area (Å²) in [6, 6.07) is 4.45. The molecule has 1 atom stereocenters. The Kier molecular flexibility index (Phi) is 6.22. The zero-order valence-corrected chi connectivity index (χ0v) is 15.3. The van der Waals surface area contributed by atoms with Crippen molar-refractivity contribution in [3.63, 3.8) is 0 Å². The number of benzene rings is 1. The van der Waals surface area contributed by atoms with Crippen molar-refractivity contribution in [2.24, 2.45) is 0 Å². The summed E-state index contributed by atoms with van der Waals surface area (Å²) in [7, 11) is 3.29. The van der Waals surface area contributed by atoms with Crippen LogP contribution in [0.25, 0.3) is 0 Å². The fraction of sp³-hybridized carbons (Fsp3) is 0.667. The van der Waals surface area contributed by atoms with Crippen molar-refractivity contribution < 1.29 is 14.2 Å². The Bertz CT molecular complexity index is 549. The average molecular weight is 355 g/mol.